The van der Waals surface area contributed by atoms with Crippen LogP contribution in [-0.2, 0) is 11.2 Å². The Morgan fingerprint density at radius 3 is 3.13 bits per heavy atom. The molecule has 0 saturated carbocycles. The summed E-state index contributed by atoms with van der Waals surface area (Å²) >= 11 is 0. The predicted octanol–water partition coefficient (Wildman–Crippen LogP) is -0.124. The summed E-state index contributed by atoms with van der Waals surface area (Å²) in [6.45, 7) is 2.00. The van der Waals surface area contributed by atoms with E-state index in [4.69, 9.17) is 4.74 Å². The van der Waals surface area contributed by atoms with Crippen LogP contribution in [0.25, 0.3) is 0 Å². The highest BCUT2D eigenvalue weighted by atomic mass is 16.6. The Morgan fingerprint density at radius 2 is 2.47 bits per heavy atom. The van der Waals surface area contributed by atoms with Crippen LogP contribution in [0.3, 0.4) is 0 Å². The summed E-state index contributed by atoms with van der Waals surface area (Å²) in [7, 11) is 1.93. The number of hydrogen-bond acceptors (Lipinski definition) is 4. The van der Waals surface area contributed by atoms with Crippen molar-refractivity contribution in [2.45, 2.75) is 25.2 Å². The van der Waals surface area contributed by atoms with E-state index in [0.29, 0.717) is 12.3 Å². The van der Waals surface area contributed by atoms with E-state index >= 15 is 0 Å². The molecule has 2 unspecified atom stereocenters. The van der Waals surface area contributed by atoms with Crippen LogP contribution in [-0.4, -0.2) is 42.4 Å². The van der Waals surface area contributed by atoms with E-state index in [-0.39, 0.29) is 0 Å². The minimum absolute atomic E-state index is 0.291. The molecular formula is C10H18N4O. The maximum atomic E-state index is 5.35. The van der Waals surface area contributed by atoms with Gasteiger partial charge in [-0.1, -0.05) is 0 Å². The second kappa shape index (κ2) is 5.25. The molecule has 1 aromatic heterocycles. The van der Waals surface area contributed by atoms with Crippen molar-refractivity contribution in [2.75, 3.05) is 20.1 Å². The average Bonchev–Trinajstić information content (AvgIpc) is 2.81. The quantitative estimate of drug-likeness (QED) is 0.433. The van der Waals surface area contributed by atoms with Gasteiger partial charge in [-0.05, 0) is 20.0 Å². The fourth-order valence-corrected chi connectivity index (χ4v) is 1.63. The molecule has 5 heteroatoms. The molecular weight excluding hydrogens is 192 g/mol. The number of likely N-dealkylation sites (N-methyl/N-ethyl adjacent to an activating group) is 1. The predicted molar refractivity (Wildman–Crippen MR) is 57.5 cm³/mol. The Hall–Kier alpha value is -0.910. The third-order valence-electron chi connectivity index (χ3n) is 2.60. The van der Waals surface area contributed by atoms with Crippen LogP contribution in [0.5, 0.6) is 0 Å². The van der Waals surface area contributed by atoms with Crippen molar-refractivity contribution in [1.29, 1.82) is 0 Å². The molecule has 1 aromatic rings. The lowest BCUT2D eigenvalue weighted by molar-refractivity contribution is 0.346. The summed E-state index contributed by atoms with van der Waals surface area (Å²) in [5, 5.41) is 6.47. The summed E-state index contributed by atoms with van der Waals surface area (Å²) in [6.07, 6.45) is 6.36. The van der Waals surface area contributed by atoms with Crippen LogP contribution in [0.1, 0.15) is 12.1 Å². The van der Waals surface area contributed by atoms with Gasteiger partial charge in [-0.15, -0.1) is 0 Å². The SMILES string of the molecule is CNC1OC1CCNCCc1cnc[nH]1. The molecule has 1 fully saturated rings. The molecule has 2 heterocycles. The molecule has 15 heavy (non-hydrogen) atoms. The van der Waals surface area contributed by atoms with E-state index in [9.17, 15) is 0 Å². The Balaban J connectivity index is 1.46. The molecule has 0 spiro atoms. The van der Waals surface area contributed by atoms with Crippen LogP contribution >= 0.6 is 0 Å². The second-order valence-corrected chi connectivity index (χ2v) is 3.75. The first-order chi connectivity index (χ1) is 7.40. The van der Waals surface area contributed by atoms with Crippen LogP contribution in [0, 0.1) is 0 Å². The van der Waals surface area contributed by atoms with Gasteiger partial charge in [0.05, 0.1) is 6.33 Å². The van der Waals surface area contributed by atoms with Gasteiger partial charge in [-0.3, -0.25) is 5.32 Å². The zero-order valence-corrected chi connectivity index (χ0v) is 8.99. The minimum atomic E-state index is 0.291. The largest absolute Gasteiger partial charge is 0.353 e. The van der Waals surface area contributed by atoms with E-state index in [2.05, 4.69) is 20.6 Å². The number of nitrogens with one attached hydrogen (secondary N) is 3. The first-order valence-electron chi connectivity index (χ1n) is 5.41. The van der Waals surface area contributed by atoms with E-state index in [1.807, 2.05) is 13.2 Å². The van der Waals surface area contributed by atoms with E-state index in [1.54, 1.807) is 6.33 Å². The number of imidazole rings is 1. The standard InChI is InChI=1S/C10H18N4O/c1-11-10-9(15-10)3-5-12-4-2-8-6-13-7-14-8/h6-7,9-12H,2-5H2,1H3,(H,13,14). The molecule has 3 N–H and O–H groups in total. The first kappa shape index (κ1) is 10.6. The van der Waals surface area contributed by atoms with Crippen molar-refractivity contribution in [3.63, 3.8) is 0 Å². The van der Waals surface area contributed by atoms with Crippen molar-refractivity contribution in [2.24, 2.45) is 0 Å². The summed E-state index contributed by atoms with van der Waals surface area (Å²) < 4.78 is 5.35. The van der Waals surface area contributed by atoms with Gasteiger partial charge in [-0.2, -0.15) is 0 Å². The molecule has 1 aliphatic rings. The fraction of sp³-hybridized carbons (Fsp3) is 0.700. The van der Waals surface area contributed by atoms with Crippen LogP contribution in [0.4, 0.5) is 0 Å². The Morgan fingerprint density at radius 1 is 1.53 bits per heavy atom. The average molecular weight is 210 g/mol. The lowest BCUT2D eigenvalue weighted by Crippen LogP contribution is -2.21. The summed E-state index contributed by atoms with van der Waals surface area (Å²) in [5.74, 6) is 0. The van der Waals surface area contributed by atoms with Crippen molar-refractivity contribution >= 4 is 0 Å². The molecule has 1 saturated heterocycles. The summed E-state index contributed by atoms with van der Waals surface area (Å²) in [5.41, 5.74) is 1.18. The van der Waals surface area contributed by atoms with Gasteiger partial charge in [-0.25, -0.2) is 4.98 Å². The normalized spacial score (nSPS) is 24.3. The molecule has 2 rings (SSSR count). The Labute approximate surface area is 89.6 Å². The highest BCUT2D eigenvalue weighted by molar-refractivity contribution is 4.94. The maximum Gasteiger partial charge on any atom is 0.135 e. The Kier molecular flexibility index (Phi) is 3.71. The van der Waals surface area contributed by atoms with Crippen LogP contribution in [0.2, 0.25) is 0 Å². The van der Waals surface area contributed by atoms with Crippen molar-refractivity contribution in [3.05, 3.63) is 18.2 Å². The number of ether oxygens (including phenoxy) is 1. The number of aromatic amines is 1. The number of H-pyrrole nitrogens is 1. The highest BCUT2D eigenvalue weighted by Gasteiger charge is 2.36. The number of rotatable bonds is 7. The highest BCUT2D eigenvalue weighted by Crippen LogP contribution is 2.21. The van der Waals surface area contributed by atoms with Gasteiger partial charge >= 0.3 is 0 Å². The van der Waals surface area contributed by atoms with E-state index in [0.717, 1.165) is 25.9 Å². The van der Waals surface area contributed by atoms with E-state index in [1.165, 1.54) is 5.69 Å². The number of nitrogens with zero attached hydrogens (tertiary/aromatic N) is 1. The van der Waals surface area contributed by atoms with Gasteiger partial charge < -0.3 is 15.0 Å². The second-order valence-electron chi connectivity index (χ2n) is 3.75. The molecule has 2 atom stereocenters. The summed E-state index contributed by atoms with van der Waals surface area (Å²) in [6, 6.07) is 0. The molecule has 0 radical (unpaired) electrons. The van der Waals surface area contributed by atoms with E-state index < -0.39 is 0 Å². The lowest BCUT2D eigenvalue weighted by Gasteiger charge is -2.01. The monoisotopic (exact) mass is 210 g/mol. The molecule has 1 aliphatic heterocycles. The molecule has 5 nitrogen and oxygen atoms in total. The molecule has 0 amide bonds. The zero-order chi connectivity index (χ0) is 10.5. The lowest BCUT2D eigenvalue weighted by atomic mass is 10.3. The van der Waals surface area contributed by atoms with Gasteiger partial charge in [0.1, 0.15) is 12.3 Å². The molecule has 0 aromatic carbocycles. The Bertz CT molecular complexity index is 275. The van der Waals surface area contributed by atoms with Crippen molar-refractivity contribution in [1.82, 2.24) is 20.6 Å². The maximum absolute atomic E-state index is 5.35. The molecule has 84 valence electrons. The van der Waals surface area contributed by atoms with Crippen LogP contribution in [0.15, 0.2) is 12.5 Å². The van der Waals surface area contributed by atoms with Gasteiger partial charge in [0.2, 0.25) is 0 Å². The van der Waals surface area contributed by atoms with Crippen molar-refractivity contribution in [3.8, 4) is 0 Å². The topological polar surface area (TPSA) is 65.3 Å². The zero-order valence-electron chi connectivity index (χ0n) is 8.99. The van der Waals surface area contributed by atoms with Gasteiger partial charge in [0, 0.05) is 24.9 Å². The third-order valence-corrected chi connectivity index (χ3v) is 2.60. The minimum Gasteiger partial charge on any atom is -0.353 e. The number of hydrogen-bond donors (Lipinski definition) is 3. The summed E-state index contributed by atoms with van der Waals surface area (Å²) in [4.78, 5) is 7.05. The van der Waals surface area contributed by atoms with Crippen molar-refractivity contribution < 1.29 is 4.74 Å². The smallest absolute Gasteiger partial charge is 0.135 e. The number of epoxide rings is 1. The third kappa shape index (κ3) is 3.30. The molecule has 0 bridgehead atoms. The molecule has 0 aliphatic carbocycles. The van der Waals surface area contributed by atoms with Crippen LogP contribution < -0.4 is 10.6 Å². The van der Waals surface area contributed by atoms with Gasteiger partial charge in [0.15, 0.2) is 0 Å². The van der Waals surface area contributed by atoms with Gasteiger partial charge in [0.25, 0.3) is 0 Å². The number of aromatic nitrogens is 2. The fourth-order valence-electron chi connectivity index (χ4n) is 1.63. The first-order valence-corrected chi connectivity index (χ1v) is 5.41.